The Kier molecular flexibility index (Phi) is 12.5. The zero-order chi connectivity index (χ0) is 35.0. The van der Waals surface area contributed by atoms with Crippen LogP contribution in [0.3, 0.4) is 0 Å². The molecule has 48 heavy (non-hydrogen) atoms. The van der Waals surface area contributed by atoms with Crippen molar-refractivity contribution in [1.29, 1.82) is 0 Å². The standard InChI is InChI=1S/C34H45N5O8S/c1-34(2,3)47-33(44)36-24-14-16-39(17-15-24)48(45)28-11-9-26(10-12-28)46-27-20-38(21-27)25-8-13-29(23(19-25)22-41)32(43)37(5)30(7-6-18-40)31(42)35-4/h8-13,18-19,22,24,27,30H,6-7,14-17,20-21H2,1-5H3,(H,35,42)(H,36,44). The van der Waals surface area contributed by atoms with Gasteiger partial charge in [0.2, 0.25) is 5.91 Å². The van der Waals surface area contributed by atoms with Gasteiger partial charge in [0, 0.05) is 50.9 Å². The van der Waals surface area contributed by atoms with E-state index in [-0.39, 0.29) is 36.1 Å². The number of carbonyl (C=O) groups excluding carboxylic acids is 5. The van der Waals surface area contributed by atoms with Gasteiger partial charge in [-0.2, -0.15) is 0 Å². The molecular formula is C34H45N5O8S. The molecule has 2 N–H and O–H groups in total. The topological polar surface area (TPSA) is 161 Å². The van der Waals surface area contributed by atoms with Crippen molar-refractivity contribution in [1.82, 2.24) is 19.8 Å². The summed E-state index contributed by atoms with van der Waals surface area (Å²) in [6.07, 6.45) is 2.42. The lowest BCUT2D eigenvalue weighted by Gasteiger charge is -2.41. The first-order valence-electron chi connectivity index (χ1n) is 16.0. The molecule has 2 saturated heterocycles. The minimum atomic E-state index is -1.34. The van der Waals surface area contributed by atoms with Crippen LogP contribution >= 0.6 is 0 Å². The van der Waals surface area contributed by atoms with Crippen LogP contribution in [0, 0.1) is 0 Å². The van der Waals surface area contributed by atoms with Gasteiger partial charge in [0.25, 0.3) is 5.91 Å². The number of ether oxygens (including phenoxy) is 2. The van der Waals surface area contributed by atoms with Gasteiger partial charge in [0.1, 0.15) is 29.8 Å². The molecule has 14 heteroatoms. The van der Waals surface area contributed by atoms with Gasteiger partial charge >= 0.3 is 6.09 Å². The van der Waals surface area contributed by atoms with Crippen LogP contribution < -0.4 is 20.3 Å². The summed E-state index contributed by atoms with van der Waals surface area (Å²) in [6.45, 7) is 7.76. The number of amides is 3. The number of anilines is 1. The van der Waals surface area contributed by atoms with E-state index in [0.717, 1.165) is 5.69 Å². The number of likely N-dealkylation sites (N-methyl/N-ethyl adjacent to an activating group) is 2. The molecule has 2 aromatic rings. The third-order valence-electron chi connectivity index (χ3n) is 8.24. The van der Waals surface area contributed by atoms with Crippen LogP contribution in [0.1, 0.15) is 67.2 Å². The summed E-state index contributed by atoms with van der Waals surface area (Å²) in [5.74, 6) is -0.228. The molecule has 0 spiro atoms. The molecule has 2 heterocycles. The summed E-state index contributed by atoms with van der Waals surface area (Å²) in [4.78, 5) is 64.4. The first kappa shape index (κ1) is 36.7. The number of hydrogen-bond acceptors (Lipinski definition) is 10. The molecule has 0 bridgehead atoms. The van der Waals surface area contributed by atoms with E-state index in [4.69, 9.17) is 9.47 Å². The zero-order valence-corrected chi connectivity index (χ0v) is 28.9. The Morgan fingerprint density at radius 2 is 1.75 bits per heavy atom. The SMILES string of the molecule is CNC(=O)C(CCC=O)N(C)C(=O)c1ccc(N2CC(Oc3ccc([S+]([O-])N4CCC(NC(=O)OC(C)(C)C)CC4)cc3)C2)cc1C=O. The van der Waals surface area contributed by atoms with Gasteiger partial charge in [-0.25, -0.2) is 4.79 Å². The van der Waals surface area contributed by atoms with Gasteiger partial charge in [-0.3, -0.25) is 14.4 Å². The Balaban J connectivity index is 1.27. The third kappa shape index (κ3) is 9.48. The van der Waals surface area contributed by atoms with Gasteiger partial charge in [-0.05, 0) is 82.5 Å². The molecule has 2 aliphatic rings. The van der Waals surface area contributed by atoms with Crippen LogP contribution in [0.2, 0.25) is 0 Å². The van der Waals surface area contributed by atoms with E-state index in [0.29, 0.717) is 62.2 Å². The number of nitrogens with zero attached hydrogens (tertiary/aromatic N) is 3. The molecule has 2 fully saturated rings. The van der Waals surface area contributed by atoms with Crippen molar-refractivity contribution in [3.63, 3.8) is 0 Å². The van der Waals surface area contributed by atoms with Crippen molar-refractivity contribution in [3.05, 3.63) is 53.6 Å². The van der Waals surface area contributed by atoms with E-state index in [9.17, 15) is 28.5 Å². The van der Waals surface area contributed by atoms with Crippen LogP contribution in [0.5, 0.6) is 5.75 Å². The minimum absolute atomic E-state index is 0.0222. The summed E-state index contributed by atoms with van der Waals surface area (Å²) in [6, 6.07) is 11.3. The maximum Gasteiger partial charge on any atom is 0.407 e. The fourth-order valence-corrected chi connectivity index (χ4v) is 6.81. The minimum Gasteiger partial charge on any atom is -0.593 e. The highest BCUT2D eigenvalue weighted by Crippen LogP contribution is 2.28. The third-order valence-corrected chi connectivity index (χ3v) is 9.75. The largest absolute Gasteiger partial charge is 0.593 e. The summed E-state index contributed by atoms with van der Waals surface area (Å²) >= 11 is -1.34. The molecule has 2 atom stereocenters. The van der Waals surface area contributed by atoms with Gasteiger partial charge in [-0.15, -0.1) is 4.31 Å². The molecule has 0 saturated carbocycles. The van der Waals surface area contributed by atoms with E-state index in [1.54, 1.807) is 42.5 Å². The molecule has 2 unspecified atom stereocenters. The molecule has 2 aromatic carbocycles. The molecular weight excluding hydrogens is 638 g/mol. The van der Waals surface area contributed by atoms with E-state index < -0.39 is 40.9 Å². The summed E-state index contributed by atoms with van der Waals surface area (Å²) < 4.78 is 26.5. The first-order valence-corrected chi connectivity index (χ1v) is 17.1. The lowest BCUT2D eigenvalue weighted by Crippen LogP contribution is -2.54. The number of aldehydes is 2. The number of piperidine rings is 1. The summed E-state index contributed by atoms with van der Waals surface area (Å²) in [5, 5.41) is 5.41. The predicted octanol–water partition coefficient (Wildman–Crippen LogP) is 2.94. The number of hydrogen-bond donors (Lipinski definition) is 2. The lowest BCUT2D eigenvalue weighted by atomic mass is 10.0. The predicted molar refractivity (Wildman–Crippen MR) is 181 cm³/mol. The maximum atomic E-state index is 13.2. The molecule has 0 radical (unpaired) electrons. The number of alkyl carbamates (subject to hydrolysis) is 1. The van der Waals surface area contributed by atoms with Crippen LogP contribution in [0.4, 0.5) is 10.5 Å². The number of benzene rings is 2. The fourth-order valence-electron chi connectivity index (χ4n) is 5.60. The van der Waals surface area contributed by atoms with Crippen molar-refractivity contribution in [2.75, 3.05) is 45.2 Å². The van der Waals surface area contributed by atoms with Gasteiger partial charge in [-0.1, -0.05) is 0 Å². The van der Waals surface area contributed by atoms with Gasteiger partial charge in [0.05, 0.1) is 30.0 Å². The van der Waals surface area contributed by atoms with Crippen LogP contribution in [0.25, 0.3) is 0 Å². The van der Waals surface area contributed by atoms with Crippen molar-refractivity contribution >= 4 is 47.5 Å². The Hall–Kier alpha value is -4.14. The lowest BCUT2D eigenvalue weighted by molar-refractivity contribution is -0.125. The average Bonchev–Trinajstić information content (AvgIpc) is 3.04. The monoisotopic (exact) mass is 683 g/mol. The second kappa shape index (κ2) is 16.3. The Labute approximate surface area is 284 Å². The number of nitrogens with one attached hydrogen (secondary N) is 2. The second-order valence-electron chi connectivity index (χ2n) is 12.9. The Morgan fingerprint density at radius 1 is 1.08 bits per heavy atom. The zero-order valence-electron chi connectivity index (χ0n) is 28.1. The fraction of sp³-hybridized carbons (Fsp3) is 0.500. The van der Waals surface area contributed by atoms with Crippen molar-refractivity contribution < 1.29 is 38.0 Å². The van der Waals surface area contributed by atoms with E-state index in [1.165, 1.54) is 19.0 Å². The number of rotatable bonds is 13. The van der Waals surface area contributed by atoms with Gasteiger partial charge in [0.15, 0.2) is 11.2 Å². The highest BCUT2D eigenvalue weighted by Gasteiger charge is 2.33. The second-order valence-corrected chi connectivity index (χ2v) is 14.4. The molecule has 4 rings (SSSR count). The van der Waals surface area contributed by atoms with Crippen molar-refractivity contribution in [2.45, 2.75) is 75.1 Å². The van der Waals surface area contributed by atoms with E-state index in [2.05, 4.69) is 10.6 Å². The van der Waals surface area contributed by atoms with Crippen molar-refractivity contribution in [2.24, 2.45) is 0 Å². The first-order chi connectivity index (χ1) is 22.8. The highest BCUT2D eigenvalue weighted by molar-refractivity contribution is 7.89. The van der Waals surface area contributed by atoms with Gasteiger partial charge < -0.3 is 39.3 Å². The van der Waals surface area contributed by atoms with E-state index >= 15 is 0 Å². The Morgan fingerprint density at radius 3 is 2.33 bits per heavy atom. The summed E-state index contributed by atoms with van der Waals surface area (Å²) in [5.41, 5.74) is 0.571. The molecule has 3 amide bonds. The van der Waals surface area contributed by atoms with Crippen LogP contribution in [0.15, 0.2) is 47.4 Å². The molecule has 2 aliphatic heterocycles. The molecule has 0 aromatic heterocycles. The normalized spacial score (nSPS) is 17.0. The maximum absolute atomic E-state index is 13.2. The smallest absolute Gasteiger partial charge is 0.407 e. The van der Waals surface area contributed by atoms with E-state index in [1.807, 2.05) is 30.0 Å². The quantitative estimate of drug-likeness (QED) is 0.237. The van der Waals surface area contributed by atoms with Crippen molar-refractivity contribution in [3.8, 4) is 5.75 Å². The summed E-state index contributed by atoms with van der Waals surface area (Å²) in [7, 11) is 2.94. The molecule has 13 nitrogen and oxygen atoms in total. The number of carbonyl (C=O) groups is 5. The highest BCUT2D eigenvalue weighted by atomic mass is 32.2. The average molecular weight is 684 g/mol. The van der Waals surface area contributed by atoms with Crippen LogP contribution in [-0.4, -0.2) is 108 Å². The molecule has 260 valence electrons. The Bertz CT molecular complexity index is 1450. The van der Waals surface area contributed by atoms with Crippen LogP contribution in [-0.2, 0) is 25.7 Å². The molecule has 0 aliphatic carbocycles.